The minimum absolute atomic E-state index is 0. The second-order valence-corrected chi connectivity index (χ2v) is 8.17. The molecule has 4 saturated carbocycles. The number of rotatable bonds is 1. The van der Waals surface area contributed by atoms with Crippen molar-refractivity contribution in [3.05, 3.63) is 29.1 Å². The lowest BCUT2D eigenvalue weighted by atomic mass is 9.48. The van der Waals surface area contributed by atoms with Crippen molar-refractivity contribution in [1.82, 2.24) is 4.98 Å². The molecule has 0 spiro atoms. The zero-order valence-electron chi connectivity index (χ0n) is 13.0. The van der Waals surface area contributed by atoms with Gasteiger partial charge in [-0.1, -0.05) is 0 Å². The van der Waals surface area contributed by atoms with Crippen LogP contribution in [-0.2, 0) is 11.8 Å². The number of nitrogens with zero attached hydrogens (tertiary/aromatic N) is 1. The topological polar surface area (TPSA) is 30.0 Å². The Balaban J connectivity index is 0.00000125. The van der Waals surface area contributed by atoms with Crippen molar-refractivity contribution < 1.29 is 4.79 Å². The maximum atomic E-state index is 12.0. The van der Waals surface area contributed by atoms with E-state index in [1.165, 1.54) is 44.2 Å². The predicted molar refractivity (Wildman–Crippen MR) is 88.6 cm³/mol. The molecule has 0 atom stereocenters. The fourth-order valence-electron chi connectivity index (χ4n) is 6.22. The zero-order valence-corrected chi connectivity index (χ0v) is 13.8. The Labute approximate surface area is 138 Å². The van der Waals surface area contributed by atoms with Gasteiger partial charge in [-0.2, -0.15) is 0 Å². The lowest BCUT2D eigenvalue weighted by Crippen LogP contribution is -2.49. The van der Waals surface area contributed by atoms with Crippen LogP contribution in [0.25, 0.3) is 0 Å². The van der Waals surface area contributed by atoms with E-state index in [-0.39, 0.29) is 12.4 Å². The quantitative estimate of drug-likeness (QED) is 0.764. The third-order valence-corrected chi connectivity index (χ3v) is 6.67. The van der Waals surface area contributed by atoms with Crippen LogP contribution in [0.4, 0.5) is 0 Å². The van der Waals surface area contributed by atoms with Gasteiger partial charge in [0, 0.05) is 23.1 Å². The number of carbonyl (C=O) groups is 1. The van der Waals surface area contributed by atoms with E-state index in [1.807, 2.05) is 0 Å². The van der Waals surface area contributed by atoms with E-state index in [2.05, 4.69) is 12.1 Å². The molecule has 22 heavy (non-hydrogen) atoms. The van der Waals surface area contributed by atoms with Crippen molar-refractivity contribution >= 4 is 18.2 Å². The monoisotopic (exact) mass is 317 g/mol. The van der Waals surface area contributed by atoms with E-state index in [4.69, 9.17) is 4.98 Å². The second kappa shape index (κ2) is 5.06. The Bertz CT molecular complexity index is 589. The molecule has 2 nitrogen and oxygen atoms in total. The van der Waals surface area contributed by atoms with E-state index >= 15 is 0 Å². The van der Waals surface area contributed by atoms with Crippen LogP contribution in [0.1, 0.15) is 73.1 Å². The third kappa shape index (κ3) is 2.06. The predicted octanol–water partition coefficient (Wildman–Crippen LogP) is 4.49. The van der Waals surface area contributed by atoms with E-state index in [1.54, 1.807) is 0 Å². The maximum absolute atomic E-state index is 12.0. The van der Waals surface area contributed by atoms with E-state index in [0.29, 0.717) is 17.6 Å². The molecule has 5 aliphatic rings. The van der Waals surface area contributed by atoms with Crippen LogP contribution >= 0.6 is 12.4 Å². The van der Waals surface area contributed by atoms with Gasteiger partial charge in [-0.25, -0.2) is 0 Å². The van der Waals surface area contributed by atoms with Gasteiger partial charge in [0.15, 0.2) is 5.78 Å². The highest BCUT2D eigenvalue weighted by atomic mass is 35.5. The average molecular weight is 318 g/mol. The summed E-state index contributed by atoms with van der Waals surface area (Å²) in [5, 5.41) is 0. The van der Waals surface area contributed by atoms with Crippen LogP contribution in [-0.4, -0.2) is 10.8 Å². The molecule has 0 N–H and O–H groups in total. The second-order valence-electron chi connectivity index (χ2n) is 8.17. The van der Waals surface area contributed by atoms with Gasteiger partial charge >= 0.3 is 0 Å². The Morgan fingerprint density at radius 2 is 1.59 bits per heavy atom. The number of aryl methyl sites for hydroxylation is 1. The fraction of sp³-hybridized carbons (Fsp3) is 0.684. The molecular weight excluding hydrogens is 294 g/mol. The Morgan fingerprint density at radius 1 is 0.955 bits per heavy atom. The normalized spacial score (nSPS) is 38.5. The lowest BCUT2D eigenvalue weighted by Gasteiger charge is -2.56. The molecule has 0 radical (unpaired) electrons. The number of ketones is 1. The van der Waals surface area contributed by atoms with E-state index < -0.39 is 0 Å². The van der Waals surface area contributed by atoms with Crippen molar-refractivity contribution in [3.63, 3.8) is 0 Å². The number of halogens is 1. The molecule has 3 heteroatoms. The minimum atomic E-state index is 0. The molecule has 0 saturated heterocycles. The summed E-state index contributed by atoms with van der Waals surface area (Å²) in [5.41, 5.74) is 3.70. The molecule has 1 aromatic heterocycles. The van der Waals surface area contributed by atoms with Gasteiger partial charge in [0.2, 0.25) is 0 Å². The van der Waals surface area contributed by atoms with Gasteiger partial charge in [-0.3, -0.25) is 9.78 Å². The number of pyridine rings is 1. The van der Waals surface area contributed by atoms with E-state index in [0.717, 1.165) is 41.9 Å². The van der Waals surface area contributed by atoms with Crippen LogP contribution in [0.15, 0.2) is 12.1 Å². The summed E-state index contributed by atoms with van der Waals surface area (Å²) < 4.78 is 0. The summed E-state index contributed by atoms with van der Waals surface area (Å²) >= 11 is 0. The summed E-state index contributed by atoms with van der Waals surface area (Å²) in [4.78, 5) is 17.0. The highest BCUT2D eigenvalue weighted by molar-refractivity contribution is 5.97. The Morgan fingerprint density at radius 3 is 2.23 bits per heavy atom. The molecule has 4 bridgehead atoms. The molecule has 4 fully saturated rings. The first-order chi connectivity index (χ1) is 10.2. The van der Waals surface area contributed by atoms with Crippen molar-refractivity contribution in [3.8, 4) is 0 Å². The Kier molecular flexibility index (Phi) is 3.38. The van der Waals surface area contributed by atoms with Gasteiger partial charge in [0.1, 0.15) is 0 Å². The van der Waals surface area contributed by atoms with E-state index in [9.17, 15) is 4.79 Å². The van der Waals surface area contributed by atoms with Gasteiger partial charge in [0.25, 0.3) is 0 Å². The molecule has 1 heterocycles. The van der Waals surface area contributed by atoms with Crippen molar-refractivity contribution in [2.45, 2.75) is 63.2 Å². The number of fused-ring (bicyclic) bond motifs is 1. The maximum Gasteiger partial charge on any atom is 0.164 e. The van der Waals surface area contributed by atoms with Gasteiger partial charge in [-0.15, -0.1) is 12.4 Å². The average Bonchev–Trinajstić information content (AvgIpc) is 2.46. The highest BCUT2D eigenvalue weighted by Gasteiger charge is 2.52. The molecule has 0 unspecified atom stereocenters. The van der Waals surface area contributed by atoms with Gasteiger partial charge in [-0.05, 0) is 81.3 Å². The highest BCUT2D eigenvalue weighted by Crippen LogP contribution is 2.60. The third-order valence-electron chi connectivity index (χ3n) is 6.67. The summed E-state index contributed by atoms with van der Waals surface area (Å²) in [7, 11) is 0. The number of hydrogen-bond acceptors (Lipinski definition) is 2. The summed E-state index contributed by atoms with van der Waals surface area (Å²) in [5.74, 6) is 3.17. The number of carbonyl (C=O) groups excluding carboxylic acids is 1. The SMILES string of the molecule is Cl.O=C1CCCc2nc(C34CC5CC(CC(C5)C3)C4)ccc21. The first-order valence-corrected chi connectivity index (χ1v) is 8.75. The molecule has 0 amide bonds. The Hall–Kier alpha value is -0.890. The number of hydrogen-bond donors (Lipinski definition) is 0. The molecule has 5 aliphatic carbocycles. The molecule has 0 aliphatic heterocycles. The molecule has 0 aromatic carbocycles. The molecular formula is C19H24ClNO. The van der Waals surface area contributed by atoms with Crippen LogP contribution in [0, 0.1) is 17.8 Å². The van der Waals surface area contributed by atoms with Crippen LogP contribution in [0.2, 0.25) is 0 Å². The smallest absolute Gasteiger partial charge is 0.164 e. The zero-order chi connectivity index (χ0) is 14.0. The van der Waals surface area contributed by atoms with Crippen LogP contribution in [0.5, 0.6) is 0 Å². The van der Waals surface area contributed by atoms with Gasteiger partial charge in [0.05, 0.1) is 5.69 Å². The molecule has 6 rings (SSSR count). The fourth-order valence-corrected chi connectivity index (χ4v) is 6.22. The summed E-state index contributed by atoms with van der Waals surface area (Å²) in [6.07, 6.45) is 11.2. The number of Topliss-reactive ketones (excluding diaryl/α,β-unsaturated/α-hetero) is 1. The number of aromatic nitrogens is 1. The lowest BCUT2D eigenvalue weighted by molar-refractivity contribution is -0.00731. The van der Waals surface area contributed by atoms with Crippen LogP contribution < -0.4 is 0 Å². The largest absolute Gasteiger partial charge is 0.294 e. The summed E-state index contributed by atoms with van der Waals surface area (Å²) in [6, 6.07) is 4.30. The molecule has 1 aromatic rings. The van der Waals surface area contributed by atoms with Crippen molar-refractivity contribution in [1.29, 1.82) is 0 Å². The molecule has 118 valence electrons. The van der Waals surface area contributed by atoms with Crippen molar-refractivity contribution in [2.24, 2.45) is 17.8 Å². The summed E-state index contributed by atoms with van der Waals surface area (Å²) in [6.45, 7) is 0. The van der Waals surface area contributed by atoms with Crippen molar-refractivity contribution in [2.75, 3.05) is 0 Å². The first kappa shape index (κ1) is 14.7. The van der Waals surface area contributed by atoms with Crippen LogP contribution in [0.3, 0.4) is 0 Å². The van der Waals surface area contributed by atoms with Gasteiger partial charge < -0.3 is 0 Å². The standard InChI is InChI=1S/C19H23NO.ClH/c21-17-3-1-2-16-15(17)4-5-18(20-16)19-9-12-6-13(10-19)8-14(7-12)11-19;/h4-5,12-14H,1-3,6-11H2;1H. The minimum Gasteiger partial charge on any atom is -0.294 e. The first-order valence-electron chi connectivity index (χ1n) is 8.75.